The van der Waals surface area contributed by atoms with Gasteiger partial charge in [0.2, 0.25) is 0 Å². The third kappa shape index (κ3) is 1.17. The van der Waals surface area contributed by atoms with Crippen molar-refractivity contribution in [1.29, 1.82) is 0 Å². The molecule has 1 nitrogen and oxygen atoms in total. The van der Waals surface area contributed by atoms with Crippen molar-refractivity contribution in [2.45, 2.75) is 25.7 Å². The van der Waals surface area contributed by atoms with Crippen molar-refractivity contribution < 1.29 is 0 Å². The highest BCUT2D eigenvalue weighted by atomic mass is 15.1. The molecular formula is C12H16BN. The Morgan fingerprint density at radius 2 is 1.57 bits per heavy atom. The van der Waals surface area contributed by atoms with Crippen molar-refractivity contribution >= 4 is 19.0 Å². The fourth-order valence-electron chi connectivity index (χ4n) is 2.98. The molecule has 0 spiro atoms. The van der Waals surface area contributed by atoms with Crippen LogP contribution in [0.1, 0.15) is 24.0 Å². The number of aryl methyl sites for hydroxylation is 2. The van der Waals surface area contributed by atoms with Gasteiger partial charge in [-0.2, -0.15) is 0 Å². The van der Waals surface area contributed by atoms with Crippen molar-refractivity contribution in [2.75, 3.05) is 18.0 Å². The maximum absolute atomic E-state index is 2.59. The maximum atomic E-state index is 2.59. The van der Waals surface area contributed by atoms with Crippen LogP contribution in [0.5, 0.6) is 0 Å². The lowest BCUT2D eigenvalue weighted by Crippen LogP contribution is -2.35. The second-order valence-corrected chi connectivity index (χ2v) is 4.63. The van der Waals surface area contributed by atoms with Crippen molar-refractivity contribution in [1.82, 2.24) is 0 Å². The molecule has 2 aliphatic heterocycles. The Balaban J connectivity index is 2.20. The highest BCUT2D eigenvalue weighted by Gasteiger charge is 2.23. The monoisotopic (exact) mass is 185 g/mol. The van der Waals surface area contributed by atoms with Gasteiger partial charge in [0.15, 0.2) is 0 Å². The van der Waals surface area contributed by atoms with E-state index < -0.39 is 0 Å². The third-order valence-electron chi connectivity index (χ3n) is 3.48. The molecule has 0 amide bonds. The quantitative estimate of drug-likeness (QED) is 0.536. The minimum Gasteiger partial charge on any atom is -0.371 e. The molecule has 0 radical (unpaired) electrons. The van der Waals surface area contributed by atoms with Gasteiger partial charge in [0, 0.05) is 18.8 Å². The topological polar surface area (TPSA) is 3.24 Å². The molecule has 1 aromatic rings. The fraction of sp³-hybridized carbons (Fsp3) is 0.500. The van der Waals surface area contributed by atoms with Gasteiger partial charge in [0.25, 0.3) is 0 Å². The molecule has 3 rings (SSSR count). The minimum atomic E-state index is 1.28. The van der Waals surface area contributed by atoms with Crippen LogP contribution in [0.25, 0.3) is 0 Å². The number of benzene rings is 1. The van der Waals surface area contributed by atoms with Crippen LogP contribution in [-0.4, -0.2) is 20.9 Å². The fourth-order valence-corrected chi connectivity index (χ4v) is 2.98. The smallest absolute Gasteiger partial charge is 0.139 e. The zero-order valence-corrected chi connectivity index (χ0v) is 8.84. The second kappa shape index (κ2) is 3.04. The maximum Gasteiger partial charge on any atom is 0.139 e. The summed E-state index contributed by atoms with van der Waals surface area (Å²) in [6.45, 7) is 2.56. The summed E-state index contributed by atoms with van der Waals surface area (Å²) < 4.78 is 0. The van der Waals surface area contributed by atoms with Gasteiger partial charge >= 0.3 is 0 Å². The van der Waals surface area contributed by atoms with Crippen LogP contribution in [0, 0.1) is 0 Å². The van der Waals surface area contributed by atoms with Crippen LogP contribution < -0.4 is 10.4 Å². The van der Waals surface area contributed by atoms with E-state index in [-0.39, 0.29) is 0 Å². The molecule has 0 atom stereocenters. The second-order valence-electron chi connectivity index (χ2n) is 4.63. The van der Waals surface area contributed by atoms with Gasteiger partial charge in [0.05, 0.1) is 0 Å². The molecule has 2 aliphatic rings. The molecule has 1 aromatic carbocycles. The Labute approximate surface area is 86.5 Å². The standard InChI is InChI=1S/C12H16BN/c13-11-7-9-3-1-5-14-6-2-4-10(8-11)12(9)14/h7-8H,1-6,13H2. The molecule has 0 aromatic heterocycles. The van der Waals surface area contributed by atoms with Crippen molar-refractivity contribution in [3.63, 3.8) is 0 Å². The van der Waals surface area contributed by atoms with Crippen LogP contribution >= 0.6 is 0 Å². The summed E-state index contributed by atoms with van der Waals surface area (Å²) in [6, 6.07) is 4.77. The summed E-state index contributed by atoms with van der Waals surface area (Å²) in [4.78, 5) is 2.59. The van der Waals surface area contributed by atoms with E-state index in [2.05, 4.69) is 24.9 Å². The molecule has 14 heavy (non-hydrogen) atoms. The van der Waals surface area contributed by atoms with E-state index in [4.69, 9.17) is 0 Å². The van der Waals surface area contributed by atoms with E-state index in [1.54, 1.807) is 16.8 Å². The van der Waals surface area contributed by atoms with Gasteiger partial charge in [-0.25, -0.2) is 0 Å². The van der Waals surface area contributed by atoms with E-state index in [1.807, 2.05) is 0 Å². The average molecular weight is 185 g/mol. The predicted octanol–water partition coefficient (Wildman–Crippen LogP) is 0.644. The molecule has 0 N–H and O–H groups in total. The average Bonchev–Trinajstić information content (AvgIpc) is 2.18. The molecule has 72 valence electrons. The van der Waals surface area contributed by atoms with Crippen molar-refractivity contribution in [3.05, 3.63) is 23.3 Å². The first-order valence-electron chi connectivity index (χ1n) is 5.72. The Morgan fingerprint density at radius 1 is 1.00 bits per heavy atom. The lowest BCUT2D eigenvalue weighted by Gasteiger charge is -2.37. The first-order chi connectivity index (χ1) is 6.84. The third-order valence-corrected chi connectivity index (χ3v) is 3.48. The molecule has 2 heterocycles. The molecular weight excluding hydrogens is 169 g/mol. The number of hydrogen-bond acceptors (Lipinski definition) is 1. The first-order valence-corrected chi connectivity index (χ1v) is 5.72. The van der Waals surface area contributed by atoms with E-state index in [9.17, 15) is 0 Å². The van der Waals surface area contributed by atoms with Gasteiger partial charge < -0.3 is 4.90 Å². The molecule has 0 bridgehead atoms. The lowest BCUT2D eigenvalue weighted by atomic mass is 9.85. The Morgan fingerprint density at radius 3 is 2.14 bits per heavy atom. The minimum absolute atomic E-state index is 1.28. The molecule has 2 heteroatoms. The number of nitrogens with zero attached hydrogens (tertiary/aromatic N) is 1. The van der Waals surface area contributed by atoms with Gasteiger partial charge in [-0.1, -0.05) is 17.6 Å². The summed E-state index contributed by atoms with van der Waals surface area (Å²) in [7, 11) is 2.23. The summed E-state index contributed by atoms with van der Waals surface area (Å²) in [5, 5.41) is 0. The highest BCUT2D eigenvalue weighted by molar-refractivity contribution is 6.32. The van der Waals surface area contributed by atoms with E-state index in [0.717, 1.165) is 0 Å². The summed E-state index contributed by atoms with van der Waals surface area (Å²) in [5.41, 5.74) is 6.24. The van der Waals surface area contributed by atoms with E-state index >= 15 is 0 Å². The normalized spacial score (nSPS) is 19.3. The molecule has 0 aliphatic carbocycles. The number of hydrogen-bond donors (Lipinski definition) is 0. The van der Waals surface area contributed by atoms with Gasteiger partial charge in [0.1, 0.15) is 7.85 Å². The van der Waals surface area contributed by atoms with E-state index in [0.29, 0.717) is 0 Å². The zero-order chi connectivity index (χ0) is 9.54. The van der Waals surface area contributed by atoms with Gasteiger partial charge in [-0.05, 0) is 36.8 Å². The zero-order valence-electron chi connectivity index (χ0n) is 8.84. The summed E-state index contributed by atoms with van der Waals surface area (Å²) in [5.74, 6) is 0. The van der Waals surface area contributed by atoms with Crippen LogP contribution in [0.3, 0.4) is 0 Å². The summed E-state index contributed by atoms with van der Waals surface area (Å²) >= 11 is 0. The van der Waals surface area contributed by atoms with Crippen molar-refractivity contribution in [2.24, 2.45) is 0 Å². The van der Waals surface area contributed by atoms with Crippen LogP contribution in [0.4, 0.5) is 5.69 Å². The highest BCUT2D eigenvalue weighted by Crippen LogP contribution is 2.33. The lowest BCUT2D eigenvalue weighted by molar-refractivity contribution is 0.635. The van der Waals surface area contributed by atoms with Crippen LogP contribution in [0.2, 0.25) is 0 Å². The Kier molecular flexibility index (Phi) is 1.83. The summed E-state index contributed by atoms with van der Waals surface area (Å²) in [6.07, 6.45) is 5.27. The molecule has 0 saturated heterocycles. The Bertz CT molecular complexity index is 342. The van der Waals surface area contributed by atoms with Crippen LogP contribution in [-0.2, 0) is 12.8 Å². The van der Waals surface area contributed by atoms with Gasteiger partial charge in [-0.3, -0.25) is 0 Å². The largest absolute Gasteiger partial charge is 0.371 e. The van der Waals surface area contributed by atoms with Gasteiger partial charge in [-0.15, -0.1) is 0 Å². The van der Waals surface area contributed by atoms with Crippen molar-refractivity contribution in [3.8, 4) is 0 Å². The first kappa shape index (κ1) is 8.40. The van der Waals surface area contributed by atoms with E-state index in [1.165, 1.54) is 44.2 Å². The predicted molar refractivity (Wildman–Crippen MR) is 63.5 cm³/mol. The van der Waals surface area contributed by atoms with Crippen LogP contribution in [0.15, 0.2) is 12.1 Å². The molecule has 0 unspecified atom stereocenters. The molecule has 0 saturated carbocycles. The Hall–Kier alpha value is -0.915. The molecule has 0 fully saturated rings. The number of rotatable bonds is 0. The number of anilines is 1. The SMILES string of the molecule is Bc1cc2c3c(c1)CCCN3CCC2.